The van der Waals surface area contributed by atoms with Gasteiger partial charge in [-0.1, -0.05) is 18.2 Å². The summed E-state index contributed by atoms with van der Waals surface area (Å²) < 4.78 is 2.12. The van der Waals surface area contributed by atoms with Crippen molar-refractivity contribution in [3.05, 3.63) is 36.5 Å². The van der Waals surface area contributed by atoms with E-state index in [2.05, 4.69) is 79.1 Å². The molecule has 0 aliphatic heterocycles. The van der Waals surface area contributed by atoms with Crippen molar-refractivity contribution < 1.29 is 0 Å². The average molecular weight is 243 g/mol. The third-order valence-electron chi connectivity index (χ3n) is 2.63. The normalized spacial score (nSPS) is 12.7. The van der Waals surface area contributed by atoms with Crippen LogP contribution in [0.2, 0.25) is 0 Å². The highest BCUT2D eigenvalue weighted by Gasteiger charge is 2.08. The van der Waals surface area contributed by atoms with Crippen molar-refractivity contribution in [3.63, 3.8) is 0 Å². The Bertz CT molecular complexity index is 550. The van der Waals surface area contributed by atoms with Gasteiger partial charge in [-0.25, -0.2) is 4.99 Å². The summed E-state index contributed by atoms with van der Waals surface area (Å²) in [5.74, 6) is 0.918. The minimum Gasteiger partial charge on any atom is -0.353 e. The number of aromatic nitrogens is 1. The van der Waals surface area contributed by atoms with E-state index in [1.807, 2.05) is 0 Å². The second-order valence-corrected chi connectivity index (χ2v) is 5.09. The molecule has 0 radical (unpaired) electrons. The standard InChI is InChI=1S/C15H21N3/c1-11(2)16-15(17-12(3)4)18-10-9-13-7-5-6-8-14(13)18/h5-12H,1-4H3,(H,16,17). The SMILES string of the molecule is CC(C)N=C(NC(C)C)n1ccc2ccccc21. The molecule has 3 nitrogen and oxygen atoms in total. The van der Waals surface area contributed by atoms with Crippen LogP contribution < -0.4 is 5.32 Å². The van der Waals surface area contributed by atoms with Crippen LogP contribution in [-0.4, -0.2) is 22.6 Å². The molecule has 1 heterocycles. The van der Waals surface area contributed by atoms with E-state index in [1.165, 1.54) is 10.9 Å². The molecule has 18 heavy (non-hydrogen) atoms. The number of rotatable bonds is 2. The molecule has 2 aromatic rings. The Labute approximate surface area is 109 Å². The summed E-state index contributed by atoms with van der Waals surface area (Å²) in [6, 6.07) is 11.1. The summed E-state index contributed by atoms with van der Waals surface area (Å²) in [7, 11) is 0. The maximum Gasteiger partial charge on any atom is 0.203 e. The molecule has 0 saturated carbocycles. The van der Waals surface area contributed by atoms with Gasteiger partial charge in [-0.15, -0.1) is 0 Å². The highest BCUT2D eigenvalue weighted by Crippen LogP contribution is 2.15. The molecule has 0 unspecified atom stereocenters. The van der Waals surface area contributed by atoms with E-state index >= 15 is 0 Å². The third kappa shape index (κ3) is 2.73. The van der Waals surface area contributed by atoms with Crippen molar-refractivity contribution in [3.8, 4) is 0 Å². The lowest BCUT2D eigenvalue weighted by atomic mass is 10.2. The van der Waals surface area contributed by atoms with E-state index in [1.54, 1.807) is 0 Å². The first-order chi connectivity index (χ1) is 8.58. The second-order valence-electron chi connectivity index (χ2n) is 5.09. The molecule has 1 aromatic carbocycles. The van der Waals surface area contributed by atoms with Gasteiger partial charge in [0.25, 0.3) is 0 Å². The Morgan fingerprint density at radius 1 is 1.11 bits per heavy atom. The van der Waals surface area contributed by atoms with E-state index in [4.69, 9.17) is 0 Å². The molecule has 0 aliphatic rings. The van der Waals surface area contributed by atoms with Gasteiger partial charge in [-0.3, -0.25) is 4.57 Å². The maximum absolute atomic E-state index is 4.68. The number of hydrogen-bond acceptors (Lipinski definition) is 1. The molecular formula is C15H21N3. The van der Waals surface area contributed by atoms with Crippen LogP contribution in [0.3, 0.4) is 0 Å². The van der Waals surface area contributed by atoms with Crippen molar-refractivity contribution in [2.24, 2.45) is 4.99 Å². The van der Waals surface area contributed by atoms with Crippen LogP contribution in [0.15, 0.2) is 41.5 Å². The predicted octanol–water partition coefficient (Wildman–Crippen LogP) is 3.25. The van der Waals surface area contributed by atoms with E-state index < -0.39 is 0 Å². The number of nitrogens with zero attached hydrogens (tertiary/aromatic N) is 2. The molecule has 0 bridgehead atoms. The van der Waals surface area contributed by atoms with Gasteiger partial charge in [-0.05, 0) is 39.8 Å². The molecule has 2 rings (SSSR count). The van der Waals surface area contributed by atoms with Gasteiger partial charge >= 0.3 is 0 Å². The molecule has 0 saturated heterocycles. The lowest BCUT2D eigenvalue weighted by molar-refractivity contribution is 0.700. The molecule has 0 spiro atoms. The number of para-hydroxylation sites is 1. The van der Waals surface area contributed by atoms with Gasteiger partial charge < -0.3 is 5.32 Å². The summed E-state index contributed by atoms with van der Waals surface area (Å²) in [6.07, 6.45) is 2.07. The number of aliphatic imine (C=N–C) groups is 1. The van der Waals surface area contributed by atoms with Crippen molar-refractivity contribution >= 4 is 16.9 Å². The Morgan fingerprint density at radius 2 is 1.83 bits per heavy atom. The zero-order valence-electron chi connectivity index (χ0n) is 11.5. The molecule has 0 atom stereocenters. The monoisotopic (exact) mass is 243 g/mol. The zero-order valence-corrected chi connectivity index (χ0v) is 11.5. The van der Waals surface area contributed by atoms with Crippen molar-refractivity contribution in [1.82, 2.24) is 9.88 Å². The Balaban J connectivity index is 2.48. The molecule has 0 amide bonds. The minimum absolute atomic E-state index is 0.271. The lowest BCUT2D eigenvalue weighted by Gasteiger charge is -2.16. The van der Waals surface area contributed by atoms with Gasteiger partial charge in [0.05, 0.1) is 5.52 Å². The zero-order chi connectivity index (χ0) is 13.1. The lowest BCUT2D eigenvalue weighted by Crippen LogP contribution is -2.36. The van der Waals surface area contributed by atoms with Gasteiger partial charge in [-0.2, -0.15) is 0 Å². The Kier molecular flexibility index (Phi) is 3.70. The van der Waals surface area contributed by atoms with Gasteiger partial charge in [0, 0.05) is 23.7 Å². The van der Waals surface area contributed by atoms with Crippen LogP contribution in [0.4, 0.5) is 0 Å². The van der Waals surface area contributed by atoms with E-state index in [0.29, 0.717) is 6.04 Å². The number of fused-ring (bicyclic) bond motifs is 1. The van der Waals surface area contributed by atoms with Crippen LogP contribution in [0, 0.1) is 0 Å². The quantitative estimate of drug-likeness (QED) is 0.636. The average Bonchev–Trinajstić information content (AvgIpc) is 2.70. The molecule has 1 N–H and O–H groups in total. The summed E-state index contributed by atoms with van der Waals surface area (Å²) in [5, 5.41) is 4.65. The Hall–Kier alpha value is -1.77. The maximum atomic E-state index is 4.68. The van der Waals surface area contributed by atoms with E-state index in [9.17, 15) is 0 Å². The first-order valence-corrected chi connectivity index (χ1v) is 6.48. The fourth-order valence-corrected chi connectivity index (χ4v) is 1.94. The van der Waals surface area contributed by atoms with Crippen molar-refractivity contribution in [2.45, 2.75) is 39.8 Å². The van der Waals surface area contributed by atoms with Crippen LogP contribution in [0.25, 0.3) is 10.9 Å². The van der Waals surface area contributed by atoms with E-state index in [-0.39, 0.29) is 6.04 Å². The topological polar surface area (TPSA) is 29.3 Å². The van der Waals surface area contributed by atoms with Crippen molar-refractivity contribution in [1.29, 1.82) is 0 Å². The second kappa shape index (κ2) is 5.25. The fraction of sp³-hybridized carbons (Fsp3) is 0.400. The van der Waals surface area contributed by atoms with Gasteiger partial charge in [0.2, 0.25) is 5.96 Å². The van der Waals surface area contributed by atoms with Crippen LogP contribution >= 0.6 is 0 Å². The summed E-state index contributed by atoms with van der Waals surface area (Å²) in [5.41, 5.74) is 1.19. The van der Waals surface area contributed by atoms with Gasteiger partial charge in [0.15, 0.2) is 0 Å². The Morgan fingerprint density at radius 3 is 2.50 bits per heavy atom. The van der Waals surface area contributed by atoms with Crippen LogP contribution in [-0.2, 0) is 0 Å². The van der Waals surface area contributed by atoms with E-state index in [0.717, 1.165) is 5.96 Å². The number of nitrogens with one attached hydrogen (secondary N) is 1. The molecule has 3 heteroatoms. The van der Waals surface area contributed by atoms with Crippen LogP contribution in [0.1, 0.15) is 27.7 Å². The first-order valence-electron chi connectivity index (χ1n) is 6.48. The summed E-state index contributed by atoms with van der Waals surface area (Å²) in [4.78, 5) is 4.68. The summed E-state index contributed by atoms with van der Waals surface area (Å²) >= 11 is 0. The highest BCUT2D eigenvalue weighted by molar-refractivity contribution is 5.94. The van der Waals surface area contributed by atoms with Crippen LogP contribution in [0.5, 0.6) is 0 Å². The molecule has 1 aromatic heterocycles. The largest absolute Gasteiger partial charge is 0.353 e. The highest BCUT2D eigenvalue weighted by atomic mass is 15.2. The molecule has 0 aliphatic carbocycles. The first kappa shape index (κ1) is 12.7. The number of benzene rings is 1. The predicted molar refractivity (Wildman–Crippen MR) is 78.2 cm³/mol. The molecular weight excluding hydrogens is 222 g/mol. The smallest absolute Gasteiger partial charge is 0.203 e. The van der Waals surface area contributed by atoms with Gasteiger partial charge in [0.1, 0.15) is 0 Å². The molecule has 0 fully saturated rings. The van der Waals surface area contributed by atoms with Crippen molar-refractivity contribution in [2.75, 3.05) is 0 Å². The summed E-state index contributed by atoms with van der Waals surface area (Å²) in [6.45, 7) is 8.43. The fourth-order valence-electron chi connectivity index (χ4n) is 1.94. The number of hydrogen-bond donors (Lipinski definition) is 1. The minimum atomic E-state index is 0.271. The molecule has 96 valence electrons. The third-order valence-corrected chi connectivity index (χ3v) is 2.63.